The Balaban J connectivity index is 0.000000225. The maximum Gasteiger partial charge on any atom is 0.255 e. The fraction of sp³-hybridized carbons (Fsp3) is 0.152. The predicted molar refractivity (Wildman–Crippen MR) is 155 cm³/mol. The van der Waals surface area contributed by atoms with Crippen LogP contribution in [0.15, 0.2) is 128 Å². The first-order valence-corrected chi connectivity index (χ1v) is 13.0. The number of hydrogen-bond acceptors (Lipinski definition) is 1. The van der Waals surface area contributed by atoms with Crippen molar-refractivity contribution in [3.63, 3.8) is 0 Å². The molecule has 37 heavy (non-hydrogen) atoms. The van der Waals surface area contributed by atoms with Crippen molar-refractivity contribution in [3.05, 3.63) is 139 Å². The summed E-state index contributed by atoms with van der Waals surface area (Å²) in [6.07, 6.45) is 1.69. The van der Waals surface area contributed by atoms with Gasteiger partial charge in [-0.15, -0.1) is 0 Å². The van der Waals surface area contributed by atoms with E-state index < -0.39 is 6.15 Å². The predicted octanol–water partition coefficient (Wildman–Crippen LogP) is 4.32. The van der Waals surface area contributed by atoms with Gasteiger partial charge < -0.3 is 0 Å². The molecule has 4 aromatic carbocycles. The molecule has 1 unspecified atom stereocenters. The van der Waals surface area contributed by atoms with Crippen molar-refractivity contribution in [2.75, 3.05) is 0 Å². The zero-order valence-electron chi connectivity index (χ0n) is 21.9. The van der Waals surface area contributed by atoms with Gasteiger partial charge in [-0.1, -0.05) is 128 Å². The number of aromatic nitrogens is 2. The highest BCUT2D eigenvalue weighted by Gasteiger charge is 2.31. The highest BCUT2D eigenvalue weighted by molar-refractivity contribution is 7.19. The van der Waals surface area contributed by atoms with E-state index in [4.69, 9.17) is 5.26 Å². The monoisotopic (exact) mass is 483 g/mol. The quantitative estimate of drug-likeness (QED) is 0.284. The standard InChI is InChI=1S/C24H20B.C9H13N3/c1-5-13-21(14-6-1)25(22-15-7-2-8-16-22,23-17-9-3-10-18-23)24-19-11-4-12-20-24;1-4-9-11-7(2)6-12(9)8(3)5-10/h1-20H;6,8H,4H2,1-3H3/q-1;/p+1. The van der Waals surface area contributed by atoms with Gasteiger partial charge >= 0.3 is 0 Å². The number of nitriles is 1. The number of imidazole rings is 1. The summed E-state index contributed by atoms with van der Waals surface area (Å²) in [7, 11) is 0. The van der Waals surface area contributed by atoms with Gasteiger partial charge in [-0.3, -0.25) is 0 Å². The maximum absolute atomic E-state index is 8.73. The molecule has 1 heterocycles. The van der Waals surface area contributed by atoms with Gasteiger partial charge in [-0.25, -0.2) is 9.55 Å². The third kappa shape index (κ3) is 5.42. The van der Waals surface area contributed by atoms with Crippen LogP contribution in [0.5, 0.6) is 0 Å². The summed E-state index contributed by atoms with van der Waals surface area (Å²) >= 11 is 0. The van der Waals surface area contributed by atoms with Crippen molar-refractivity contribution in [2.45, 2.75) is 33.2 Å². The minimum atomic E-state index is -1.22. The molecule has 0 saturated carbocycles. The molecule has 0 aliphatic heterocycles. The van der Waals surface area contributed by atoms with E-state index in [2.05, 4.69) is 139 Å². The summed E-state index contributed by atoms with van der Waals surface area (Å²) in [5.74, 6) is 1.11. The lowest BCUT2D eigenvalue weighted by atomic mass is 9.13. The summed E-state index contributed by atoms with van der Waals surface area (Å²) in [5.41, 5.74) is 6.46. The molecule has 3 nitrogen and oxygen atoms in total. The highest BCUT2D eigenvalue weighted by atomic mass is 15.1. The summed E-state index contributed by atoms with van der Waals surface area (Å²) in [5, 5.41) is 8.73. The molecule has 0 fully saturated rings. The van der Waals surface area contributed by atoms with Gasteiger partial charge in [0.15, 0.2) is 6.04 Å². The zero-order valence-corrected chi connectivity index (χ0v) is 21.9. The van der Waals surface area contributed by atoms with E-state index in [9.17, 15) is 0 Å². The molecule has 4 heteroatoms. The summed E-state index contributed by atoms with van der Waals surface area (Å²) in [6.45, 7) is 5.97. The molecular formula is C33H34BN3. The molecule has 0 amide bonds. The fourth-order valence-electron chi connectivity index (χ4n) is 5.41. The van der Waals surface area contributed by atoms with E-state index in [0.717, 1.165) is 17.9 Å². The molecule has 5 aromatic rings. The average molecular weight is 483 g/mol. The lowest BCUT2D eigenvalue weighted by Gasteiger charge is -2.44. The number of hydrogen-bond donors (Lipinski definition) is 1. The van der Waals surface area contributed by atoms with Crippen molar-refractivity contribution in [1.82, 2.24) is 4.98 Å². The first-order valence-electron chi connectivity index (χ1n) is 13.0. The Hall–Kier alpha value is -4.36. The van der Waals surface area contributed by atoms with Crippen LogP contribution in [0, 0.1) is 18.3 Å². The Bertz CT molecular complexity index is 1260. The van der Waals surface area contributed by atoms with Gasteiger partial charge in [-0.2, -0.15) is 27.1 Å². The summed E-state index contributed by atoms with van der Waals surface area (Å²) in [4.78, 5) is 3.22. The van der Waals surface area contributed by atoms with Crippen molar-refractivity contribution < 1.29 is 4.57 Å². The minimum Gasteiger partial charge on any atom is -0.245 e. The number of benzene rings is 4. The molecule has 0 saturated heterocycles. The van der Waals surface area contributed by atoms with Gasteiger partial charge in [0.2, 0.25) is 0 Å². The Labute approximate surface area is 221 Å². The van der Waals surface area contributed by atoms with Crippen LogP contribution in [0.2, 0.25) is 0 Å². The van der Waals surface area contributed by atoms with Crippen molar-refractivity contribution >= 4 is 28.0 Å². The van der Waals surface area contributed by atoms with Gasteiger partial charge in [0, 0.05) is 13.3 Å². The summed E-state index contributed by atoms with van der Waals surface area (Å²) < 4.78 is 1.98. The molecule has 0 bridgehead atoms. The Morgan fingerprint density at radius 3 is 1.35 bits per heavy atom. The van der Waals surface area contributed by atoms with Gasteiger partial charge in [0.25, 0.3) is 5.82 Å². The van der Waals surface area contributed by atoms with Crippen LogP contribution in [0.4, 0.5) is 0 Å². The van der Waals surface area contributed by atoms with Crippen LogP contribution in [0.1, 0.15) is 31.4 Å². The third-order valence-corrected chi connectivity index (χ3v) is 7.12. The van der Waals surface area contributed by atoms with E-state index >= 15 is 0 Å². The Morgan fingerprint density at radius 2 is 1.05 bits per heavy atom. The van der Waals surface area contributed by atoms with Crippen LogP contribution in [-0.4, -0.2) is 11.1 Å². The van der Waals surface area contributed by atoms with Crippen LogP contribution in [0.25, 0.3) is 0 Å². The number of aryl methyl sites for hydroxylation is 2. The van der Waals surface area contributed by atoms with Crippen LogP contribution < -0.4 is 26.4 Å². The van der Waals surface area contributed by atoms with E-state index in [1.54, 1.807) is 0 Å². The molecule has 184 valence electrons. The van der Waals surface area contributed by atoms with Gasteiger partial charge in [0.1, 0.15) is 24.1 Å². The van der Waals surface area contributed by atoms with Gasteiger partial charge in [0.05, 0.1) is 0 Å². The van der Waals surface area contributed by atoms with Crippen LogP contribution in [0.3, 0.4) is 0 Å². The normalized spacial score (nSPS) is 11.6. The number of H-pyrrole nitrogens is 1. The van der Waals surface area contributed by atoms with Crippen LogP contribution >= 0.6 is 0 Å². The average Bonchev–Trinajstić information content (AvgIpc) is 3.36. The number of nitrogens with zero attached hydrogens (tertiary/aromatic N) is 2. The lowest BCUT2D eigenvalue weighted by molar-refractivity contribution is -0.712. The summed E-state index contributed by atoms with van der Waals surface area (Å²) in [6, 6.07) is 45.7. The van der Waals surface area contributed by atoms with E-state index in [1.165, 1.54) is 21.9 Å². The number of nitrogens with one attached hydrogen (secondary N) is 1. The minimum absolute atomic E-state index is 0.0788. The molecule has 1 atom stereocenters. The molecular weight excluding hydrogens is 449 g/mol. The molecule has 0 radical (unpaired) electrons. The van der Waals surface area contributed by atoms with E-state index in [0.29, 0.717) is 0 Å². The van der Waals surface area contributed by atoms with Gasteiger partial charge in [-0.05, 0) is 6.92 Å². The Morgan fingerprint density at radius 1 is 0.703 bits per heavy atom. The highest BCUT2D eigenvalue weighted by Crippen LogP contribution is 2.09. The first kappa shape index (κ1) is 25.7. The van der Waals surface area contributed by atoms with Crippen molar-refractivity contribution in [2.24, 2.45) is 0 Å². The van der Waals surface area contributed by atoms with E-state index in [-0.39, 0.29) is 6.04 Å². The van der Waals surface area contributed by atoms with Crippen molar-refractivity contribution in [1.29, 1.82) is 5.26 Å². The molecule has 5 rings (SSSR count). The fourth-order valence-corrected chi connectivity index (χ4v) is 5.41. The topological polar surface area (TPSA) is 43.5 Å². The Kier molecular flexibility index (Phi) is 8.38. The zero-order chi connectivity index (χ0) is 26.1. The second-order valence-corrected chi connectivity index (χ2v) is 9.46. The van der Waals surface area contributed by atoms with Crippen LogP contribution in [-0.2, 0) is 6.42 Å². The molecule has 1 N–H and O–H groups in total. The SMILES string of the molecule is CCc1[nH]c(C)c[n+]1C(C)C#N.c1ccc([B-](c2ccccc2)(c2ccccc2)c2ccccc2)cc1. The second kappa shape index (κ2) is 12.1. The largest absolute Gasteiger partial charge is 0.255 e. The first-order chi connectivity index (χ1) is 18.1. The van der Waals surface area contributed by atoms with Crippen molar-refractivity contribution in [3.8, 4) is 6.07 Å². The molecule has 0 aliphatic rings. The lowest BCUT2D eigenvalue weighted by Crippen LogP contribution is -2.74. The third-order valence-electron chi connectivity index (χ3n) is 7.12. The number of rotatable bonds is 6. The molecule has 0 spiro atoms. The molecule has 1 aromatic heterocycles. The number of aromatic amines is 1. The second-order valence-electron chi connectivity index (χ2n) is 9.46. The molecule has 0 aliphatic carbocycles. The maximum atomic E-state index is 8.73. The smallest absolute Gasteiger partial charge is 0.245 e. The van der Waals surface area contributed by atoms with E-state index in [1.807, 2.05) is 24.6 Å².